The van der Waals surface area contributed by atoms with Gasteiger partial charge in [0.25, 0.3) is 0 Å². The Balaban J connectivity index is 1.47. The molecule has 0 aliphatic carbocycles. The number of ether oxygens (including phenoxy) is 1. The SMILES string of the molecule is c1cncc(Cc2nc(Cc3ccn4ccnc4c3)cc(N3CCOCC3)n2)c1. The lowest BCUT2D eigenvalue weighted by atomic mass is 10.1. The zero-order chi connectivity index (χ0) is 19.5. The third-order valence-electron chi connectivity index (χ3n) is 5.08. The molecule has 0 aromatic carbocycles. The largest absolute Gasteiger partial charge is 0.378 e. The zero-order valence-electron chi connectivity index (χ0n) is 16.1. The lowest BCUT2D eigenvalue weighted by molar-refractivity contribution is 0.122. The maximum absolute atomic E-state index is 5.50. The fraction of sp³-hybridized carbons (Fsp3) is 0.273. The minimum absolute atomic E-state index is 0.665. The van der Waals surface area contributed by atoms with E-state index in [1.165, 1.54) is 5.56 Å². The first-order chi connectivity index (χ1) is 14.3. The second kappa shape index (κ2) is 7.97. The van der Waals surface area contributed by atoms with Crippen LogP contribution in [0, 0.1) is 0 Å². The number of anilines is 1. The molecule has 1 saturated heterocycles. The van der Waals surface area contributed by atoms with Crippen molar-refractivity contribution in [1.29, 1.82) is 0 Å². The van der Waals surface area contributed by atoms with E-state index in [0.29, 0.717) is 6.42 Å². The van der Waals surface area contributed by atoms with Crippen LogP contribution in [0.3, 0.4) is 0 Å². The number of fused-ring (bicyclic) bond motifs is 1. The molecule has 4 aromatic heterocycles. The molecule has 4 aromatic rings. The number of aromatic nitrogens is 5. The van der Waals surface area contributed by atoms with Gasteiger partial charge in [0.05, 0.1) is 18.9 Å². The van der Waals surface area contributed by atoms with E-state index in [1.54, 1.807) is 6.20 Å². The van der Waals surface area contributed by atoms with Crippen LogP contribution in [0.1, 0.15) is 22.6 Å². The minimum Gasteiger partial charge on any atom is -0.378 e. The molecule has 5 heterocycles. The van der Waals surface area contributed by atoms with Crippen LogP contribution in [0.5, 0.6) is 0 Å². The van der Waals surface area contributed by atoms with Gasteiger partial charge in [0.2, 0.25) is 0 Å². The van der Waals surface area contributed by atoms with E-state index in [1.807, 2.05) is 35.3 Å². The van der Waals surface area contributed by atoms with E-state index in [0.717, 1.165) is 61.3 Å². The molecule has 0 N–H and O–H groups in total. The van der Waals surface area contributed by atoms with Crippen LogP contribution in [0.15, 0.2) is 61.3 Å². The van der Waals surface area contributed by atoms with Gasteiger partial charge in [0.1, 0.15) is 17.3 Å². The minimum atomic E-state index is 0.665. The van der Waals surface area contributed by atoms with Crippen LogP contribution in [0.2, 0.25) is 0 Å². The third-order valence-corrected chi connectivity index (χ3v) is 5.08. The second-order valence-corrected chi connectivity index (χ2v) is 7.18. The summed E-state index contributed by atoms with van der Waals surface area (Å²) in [4.78, 5) is 20.6. The first kappa shape index (κ1) is 17.8. The molecule has 0 bridgehead atoms. The Hall–Kier alpha value is -3.32. The number of nitrogens with zero attached hydrogens (tertiary/aromatic N) is 6. The van der Waals surface area contributed by atoms with Crippen molar-refractivity contribution in [2.75, 3.05) is 31.2 Å². The Bertz CT molecular complexity index is 1100. The highest BCUT2D eigenvalue weighted by Gasteiger charge is 2.15. The van der Waals surface area contributed by atoms with Gasteiger partial charge in [-0.2, -0.15) is 0 Å². The van der Waals surface area contributed by atoms with Crippen molar-refractivity contribution in [3.8, 4) is 0 Å². The van der Waals surface area contributed by atoms with E-state index in [9.17, 15) is 0 Å². The van der Waals surface area contributed by atoms with Gasteiger partial charge in [-0.15, -0.1) is 0 Å². The number of rotatable bonds is 5. The smallest absolute Gasteiger partial charge is 0.136 e. The molecule has 7 heteroatoms. The summed E-state index contributed by atoms with van der Waals surface area (Å²) in [5.74, 6) is 1.79. The van der Waals surface area contributed by atoms with Crippen LogP contribution in [0.4, 0.5) is 5.82 Å². The summed E-state index contributed by atoms with van der Waals surface area (Å²) in [5.41, 5.74) is 4.25. The molecule has 0 saturated carbocycles. The Morgan fingerprint density at radius 3 is 2.72 bits per heavy atom. The van der Waals surface area contributed by atoms with Crippen LogP contribution >= 0.6 is 0 Å². The van der Waals surface area contributed by atoms with Crippen molar-refractivity contribution in [2.45, 2.75) is 12.8 Å². The van der Waals surface area contributed by atoms with Crippen molar-refractivity contribution in [3.63, 3.8) is 0 Å². The molecule has 0 atom stereocenters. The maximum atomic E-state index is 5.50. The molecular weight excluding hydrogens is 364 g/mol. The average Bonchev–Trinajstić information content (AvgIpc) is 3.23. The first-order valence-corrected chi connectivity index (χ1v) is 9.83. The molecule has 0 radical (unpaired) electrons. The highest BCUT2D eigenvalue weighted by molar-refractivity contribution is 5.45. The predicted molar refractivity (Wildman–Crippen MR) is 110 cm³/mol. The molecule has 0 spiro atoms. The molecule has 1 aliphatic heterocycles. The lowest BCUT2D eigenvalue weighted by Crippen LogP contribution is -2.37. The van der Waals surface area contributed by atoms with Crippen LogP contribution in [-0.4, -0.2) is 50.6 Å². The van der Waals surface area contributed by atoms with Crippen LogP contribution in [-0.2, 0) is 17.6 Å². The topological polar surface area (TPSA) is 68.4 Å². The third kappa shape index (κ3) is 4.09. The maximum Gasteiger partial charge on any atom is 0.136 e. The zero-order valence-corrected chi connectivity index (χ0v) is 16.1. The van der Waals surface area contributed by atoms with Crippen molar-refractivity contribution in [3.05, 3.63) is 84.0 Å². The van der Waals surface area contributed by atoms with Crippen molar-refractivity contribution in [1.82, 2.24) is 24.3 Å². The van der Waals surface area contributed by atoms with Gasteiger partial charge in [-0.1, -0.05) is 6.07 Å². The summed E-state index contributed by atoms with van der Waals surface area (Å²) in [5, 5.41) is 0. The monoisotopic (exact) mass is 386 g/mol. The van der Waals surface area contributed by atoms with Gasteiger partial charge in [-0.3, -0.25) is 4.98 Å². The summed E-state index contributed by atoms with van der Waals surface area (Å²) in [6.07, 6.45) is 10.9. The molecule has 0 unspecified atom stereocenters. The standard InChI is InChI=1S/C22H22N6O/c1-2-18(16-23-4-1)13-20-25-19(15-22(26-20)28-8-10-29-11-9-28)12-17-3-6-27-7-5-24-21(27)14-17/h1-7,14-16H,8-13H2. The molecular formula is C22H22N6O. The Kier molecular flexibility index (Phi) is 4.88. The summed E-state index contributed by atoms with van der Waals surface area (Å²) < 4.78 is 7.51. The van der Waals surface area contributed by atoms with Crippen LogP contribution in [0.25, 0.3) is 5.65 Å². The quantitative estimate of drug-likeness (QED) is 0.525. The fourth-order valence-electron chi connectivity index (χ4n) is 3.62. The van der Waals surface area contributed by atoms with Crippen molar-refractivity contribution in [2.24, 2.45) is 0 Å². The van der Waals surface area contributed by atoms with E-state index in [-0.39, 0.29) is 0 Å². The van der Waals surface area contributed by atoms with E-state index < -0.39 is 0 Å². The average molecular weight is 386 g/mol. The van der Waals surface area contributed by atoms with Crippen molar-refractivity contribution >= 4 is 11.5 Å². The number of morpholine rings is 1. The molecule has 5 rings (SSSR count). The number of imidazole rings is 1. The number of hydrogen-bond donors (Lipinski definition) is 0. The molecule has 0 amide bonds. The lowest BCUT2D eigenvalue weighted by Gasteiger charge is -2.28. The van der Waals surface area contributed by atoms with Gasteiger partial charge in [0, 0.05) is 63.0 Å². The Morgan fingerprint density at radius 2 is 1.86 bits per heavy atom. The molecule has 1 fully saturated rings. The molecule has 29 heavy (non-hydrogen) atoms. The van der Waals surface area contributed by atoms with Gasteiger partial charge in [-0.05, 0) is 29.3 Å². The van der Waals surface area contributed by atoms with E-state index >= 15 is 0 Å². The highest BCUT2D eigenvalue weighted by Crippen LogP contribution is 2.19. The summed E-state index contributed by atoms with van der Waals surface area (Å²) in [6.45, 7) is 3.16. The first-order valence-electron chi connectivity index (χ1n) is 9.83. The van der Waals surface area contributed by atoms with Gasteiger partial charge in [0.15, 0.2) is 0 Å². The van der Waals surface area contributed by atoms with Gasteiger partial charge < -0.3 is 14.0 Å². The number of hydrogen-bond acceptors (Lipinski definition) is 6. The van der Waals surface area contributed by atoms with E-state index in [4.69, 9.17) is 14.7 Å². The van der Waals surface area contributed by atoms with Crippen molar-refractivity contribution < 1.29 is 4.74 Å². The summed E-state index contributed by atoms with van der Waals surface area (Å²) >= 11 is 0. The number of pyridine rings is 2. The summed E-state index contributed by atoms with van der Waals surface area (Å²) in [7, 11) is 0. The predicted octanol–water partition coefficient (Wildman–Crippen LogP) is 2.54. The van der Waals surface area contributed by atoms with Gasteiger partial charge in [-0.25, -0.2) is 15.0 Å². The fourth-order valence-corrected chi connectivity index (χ4v) is 3.62. The second-order valence-electron chi connectivity index (χ2n) is 7.18. The van der Waals surface area contributed by atoms with E-state index in [2.05, 4.69) is 39.1 Å². The summed E-state index contributed by atoms with van der Waals surface area (Å²) in [6, 6.07) is 10.3. The molecule has 7 nitrogen and oxygen atoms in total. The normalized spacial score (nSPS) is 14.4. The highest BCUT2D eigenvalue weighted by atomic mass is 16.5. The Labute approximate surface area is 169 Å². The molecule has 1 aliphatic rings. The van der Waals surface area contributed by atoms with Gasteiger partial charge >= 0.3 is 0 Å². The van der Waals surface area contributed by atoms with Crippen LogP contribution < -0.4 is 4.90 Å². The molecule has 146 valence electrons. The Morgan fingerprint density at radius 1 is 0.931 bits per heavy atom.